The third kappa shape index (κ3) is 5.58. The van der Waals surface area contributed by atoms with E-state index in [4.69, 9.17) is 4.74 Å². The Morgan fingerprint density at radius 3 is 2.56 bits per heavy atom. The van der Waals surface area contributed by atoms with E-state index in [1.165, 1.54) is 0 Å². The molecule has 0 bridgehead atoms. The van der Waals surface area contributed by atoms with Crippen LogP contribution in [0.2, 0.25) is 0 Å². The summed E-state index contributed by atoms with van der Waals surface area (Å²) in [6.07, 6.45) is 0.830. The van der Waals surface area contributed by atoms with Crippen LogP contribution in [0.1, 0.15) is 24.5 Å². The lowest BCUT2D eigenvalue weighted by Crippen LogP contribution is -2.32. The Morgan fingerprint density at radius 2 is 1.85 bits per heavy atom. The number of amides is 2. The van der Waals surface area contributed by atoms with Gasteiger partial charge in [-0.15, -0.1) is 0 Å². The molecule has 5 heteroatoms. The monoisotopic (exact) mass is 366 g/mol. The molecule has 1 saturated heterocycles. The van der Waals surface area contributed by atoms with Crippen LogP contribution in [0, 0.1) is 5.92 Å². The molecule has 1 fully saturated rings. The molecule has 0 aliphatic carbocycles. The van der Waals surface area contributed by atoms with Crippen molar-refractivity contribution in [3.63, 3.8) is 0 Å². The number of rotatable bonds is 8. The minimum absolute atomic E-state index is 0.0203. The van der Waals surface area contributed by atoms with Gasteiger partial charge in [-0.05, 0) is 30.2 Å². The van der Waals surface area contributed by atoms with Crippen molar-refractivity contribution in [1.29, 1.82) is 0 Å². The number of ether oxygens (including phenoxy) is 1. The summed E-state index contributed by atoms with van der Waals surface area (Å²) >= 11 is 0. The largest absolute Gasteiger partial charge is 0.494 e. The summed E-state index contributed by atoms with van der Waals surface area (Å²) in [7, 11) is 0. The van der Waals surface area contributed by atoms with Crippen LogP contribution in [0.5, 0.6) is 5.75 Å². The second kappa shape index (κ2) is 9.21. The van der Waals surface area contributed by atoms with Gasteiger partial charge in [0, 0.05) is 32.0 Å². The van der Waals surface area contributed by atoms with E-state index in [1.807, 2.05) is 66.4 Å². The topological polar surface area (TPSA) is 58.6 Å². The predicted octanol–water partition coefficient (Wildman–Crippen LogP) is 2.79. The van der Waals surface area contributed by atoms with Crippen LogP contribution in [0.15, 0.2) is 54.6 Å². The van der Waals surface area contributed by atoms with Gasteiger partial charge in [-0.25, -0.2) is 0 Å². The summed E-state index contributed by atoms with van der Waals surface area (Å²) < 4.78 is 5.41. The van der Waals surface area contributed by atoms with Crippen LogP contribution in [0.4, 0.5) is 0 Å². The molecule has 0 spiro atoms. The number of nitrogens with zero attached hydrogens (tertiary/aromatic N) is 1. The molecule has 1 atom stereocenters. The molecular formula is C22H26N2O3. The highest BCUT2D eigenvalue weighted by Crippen LogP contribution is 2.19. The van der Waals surface area contributed by atoms with Gasteiger partial charge in [0.15, 0.2) is 0 Å². The highest BCUT2D eigenvalue weighted by molar-refractivity contribution is 5.80. The average molecular weight is 366 g/mol. The van der Waals surface area contributed by atoms with Gasteiger partial charge in [-0.3, -0.25) is 9.59 Å². The Bertz CT molecular complexity index is 759. The third-order valence-corrected chi connectivity index (χ3v) is 4.70. The van der Waals surface area contributed by atoms with Crippen molar-refractivity contribution in [3.05, 3.63) is 65.7 Å². The normalized spacial score (nSPS) is 16.4. The number of carbonyl (C=O) groups is 2. The van der Waals surface area contributed by atoms with Crippen molar-refractivity contribution < 1.29 is 14.3 Å². The van der Waals surface area contributed by atoms with E-state index < -0.39 is 0 Å². The van der Waals surface area contributed by atoms with E-state index in [-0.39, 0.29) is 17.7 Å². The van der Waals surface area contributed by atoms with Crippen molar-refractivity contribution >= 4 is 11.8 Å². The Labute approximate surface area is 160 Å². The van der Waals surface area contributed by atoms with E-state index >= 15 is 0 Å². The molecule has 142 valence electrons. The molecule has 0 saturated carbocycles. The van der Waals surface area contributed by atoms with Gasteiger partial charge in [0.2, 0.25) is 11.8 Å². The van der Waals surface area contributed by atoms with Crippen molar-refractivity contribution in [2.45, 2.75) is 26.3 Å². The smallest absolute Gasteiger partial charge is 0.224 e. The maximum Gasteiger partial charge on any atom is 0.224 e. The first-order valence-electron chi connectivity index (χ1n) is 9.44. The first-order chi connectivity index (χ1) is 13.1. The molecule has 1 aliphatic rings. The number of benzene rings is 2. The highest BCUT2D eigenvalue weighted by Gasteiger charge is 2.29. The molecule has 1 aliphatic heterocycles. The maximum absolute atomic E-state index is 12.2. The average Bonchev–Trinajstić information content (AvgIpc) is 3.02. The molecule has 2 aromatic carbocycles. The Morgan fingerprint density at radius 1 is 1.11 bits per heavy atom. The number of nitrogens with one attached hydrogen (secondary N) is 1. The first-order valence-corrected chi connectivity index (χ1v) is 9.44. The van der Waals surface area contributed by atoms with Crippen LogP contribution in [-0.2, 0) is 22.6 Å². The number of carbonyl (C=O) groups excluding carboxylic acids is 2. The van der Waals surface area contributed by atoms with Gasteiger partial charge in [0.05, 0.1) is 13.0 Å². The Hall–Kier alpha value is -2.82. The zero-order chi connectivity index (χ0) is 19.1. The fraction of sp³-hybridized carbons (Fsp3) is 0.364. The van der Waals surface area contributed by atoms with Gasteiger partial charge in [0.1, 0.15) is 5.75 Å². The second-order valence-electron chi connectivity index (χ2n) is 6.89. The van der Waals surface area contributed by atoms with Gasteiger partial charge in [0.25, 0.3) is 0 Å². The zero-order valence-electron chi connectivity index (χ0n) is 15.7. The van der Waals surface area contributed by atoms with E-state index in [2.05, 4.69) is 5.32 Å². The summed E-state index contributed by atoms with van der Waals surface area (Å²) in [6.45, 7) is 4.43. The molecule has 5 nitrogen and oxygen atoms in total. The minimum atomic E-state index is -0.0203. The van der Waals surface area contributed by atoms with Gasteiger partial charge in [-0.1, -0.05) is 42.5 Å². The number of likely N-dealkylation sites (tertiary alicyclic amines) is 1. The lowest BCUT2D eigenvalue weighted by atomic mass is 10.1. The van der Waals surface area contributed by atoms with Gasteiger partial charge >= 0.3 is 0 Å². The van der Waals surface area contributed by atoms with E-state index in [1.54, 1.807) is 0 Å². The van der Waals surface area contributed by atoms with Gasteiger partial charge < -0.3 is 15.0 Å². The van der Waals surface area contributed by atoms with Crippen molar-refractivity contribution in [3.8, 4) is 5.75 Å². The van der Waals surface area contributed by atoms with Crippen LogP contribution in [0.3, 0.4) is 0 Å². The summed E-state index contributed by atoms with van der Waals surface area (Å²) in [4.78, 5) is 26.3. The summed E-state index contributed by atoms with van der Waals surface area (Å²) in [5, 5.41) is 2.97. The highest BCUT2D eigenvalue weighted by atomic mass is 16.5. The van der Waals surface area contributed by atoms with Crippen LogP contribution in [-0.4, -0.2) is 36.4 Å². The van der Waals surface area contributed by atoms with Crippen molar-refractivity contribution in [1.82, 2.24) is 10.2 Å². The molecule has 2 aromatic rings. The van der Waals surface area contributed by atoms with Gasteiger partial charge in [-0.2, -0.15) is 0 Å². The molecule has 1 unspecified atom stereocenters. The molecular weight excluding hydrogens is 340 g/mol. The van der Waals surface area contributed by atoms with E-state index in [0.717, 1.165) is 16.9 Å². The lowest BCUT2D eigenvalue weighted by molar-refractivity contribution is -0.128. The zero-order valence-corrected chi connectivity index (χ0v) is 15.7. The maximum atomic E-state index is 12.2. The molecule has 27 heavy (non-hydrogen) atoms. The number of hydrogen-bond acceptors (Lipinski definition) is 3. The number of hydrogen-bond donors (Lipinski definition) is 1. The summed E-state index contributed by atoms with van der Waals surface area (Å²) in [6, 6.07) is 17.6. The first kappa shape index (κ1) is 19.0. The fourth-order valence-corrected chi connectivity index (χ4v) is 3.32. The van der Waals surface area contributed by atoms with Crippen LogP contribution in [0.25, 0.3) is 0 Å². The third-order valence-electron chi connectivity index (χ3n) is 4.70. The van der Waals surface area contributed by atoms with E-state index in [0.29, 0.717) is 39.1 Å². The lowest BCUT2D eigenvalue weighted by Gasteiger charge is -2.17. The molecule has 3 rings (SSSR count). The Balaban J connectivity index is 1.43. The fourth-order valence-electron chi connectivity index (χ4n) is 3.32. The van der Waals surface area contributed by atoms with Crippen molar-refractivity contribution in [2.75, 3.05) is 19.7 Å². The molecule has 1 heterocycles. The SMILES string of the molecule is CCOc1ccc(CC(=O)NCC2CC(=O)N(Cc3ccccc3)C2)cc1. The van der Waals surface area contributed by atoms with Crippen molar-refractivity contribution in [2.24, 2.45) is 5.92 Å². The summed E-state index contributed by atoms with van der Waals surface area (Å²) in [5.74, 6) is 1.12. The van der Waals surface area contributed by atoms with Crippen LogP contribution >= 0.6 is 0 Å². The molecule has 0 aromatic heterocycles. The molecule has 1 N–H and O–H groups in total. The Kier molecular flexibility index (Phi) is 6.47. The van der Waals surface area contributed by atoms with Crippen LogP contribution < -0.4 is 10.1 Å². The molecule has 2 amide bonds. The predicted molar refractivity (Wildman–Crippen MR) is 104 cm³/mol. The molecule has 0 radical (unpaired) electrons. The van der Waals surface area contributed by atoms with E-state index in [9.17, 15) is 9.59 Å². The standard InChI is InChI=1S/C22H26N2O3/c1-2-27-20-10-8-17(9-11-20)12-21(25)23-14-19-13-22(26)24(16-19)15-18-6-4-3-5-7-18/h3-11,19H,2,12-16H2,1H3,(H,23,25). The minimum Gasteiger partial charge on any atom is -0.494 e. The summed E-state index contributed by atoms with van der Waals surface area (Å²) in [5.41, 5.74) is 2.08. The quantitative estimate of drug-likeness (QED) is 0.782. The second-order valence-corrected chi connectivity index (χ2v) is 6.89.